The van der Waals surface area contributed by atoms with E-state index >= 15 is 0 Å². The van der Waals surface area contributed by atoms with Crippen molar-refractivity contribution in [2.45, 2.75) is 33.6 Å². The molecule has 0 unspecified atom stereocenters. The minimum atomic E-state index is 0.440. The Hall–Kier alpha value is -1.18. The van der Waals surface area contributed by atoms with Gasteiger partial charge in [-0.05, 0) is 35.6 Å². The van der Waals surface area contributed by atoms with Crippen LogP contribution in [-0.2, 0) is 0 Å². The molecule has 0 heterocycles. The van der Waals surface area contributed by atoms with E-state index in [1.807, 2.05) is 18.2 Å². The van der Waals surface area contributed by atoms with Gasteiger partial charge >= 0.3 is 0 Å². The van der Waals surface area contributed by atoms with Gasteiger partial charge in [0.05, 0.1) is 6.61 Å². The number of anilines is 1. The molecule has 1 aromatic rings. The van der Waals surface area contributed by atoms with E-state index in [1.54, 1.807) is 0 Å². The van der Waals surface area contributed by atoms with Crippen molar-refractivity contribution >= 4 is 5.69 Å². The summed E-state index contributed by atoms with van der Waals surface area (Å²) in [4.78, 5) is 0. The molecule has 0 amide bonds. The number of benzene rings is 1. The molecule has 0 bridgehead atoms. The second-order valence-electron chi connectivity index (χ2n) is 4.66. The zero-order chi connectivity index (χ0) is 11.4. The van der Waals surface area contributed by atoms with E-state index in [1.165, 1.54) is 5.56 Å². The van der Waals surface area contributed by atoms with Gasteiger partial charge in [-0.2, -0.15) is 0 Å². The van der Waals surface area contributed by atoms with Crippen LogP contribution in [0.3, 0.4) is 0 Å². The van der Waals surface area contributed by atoms with Crippen LogP contribution in [-0.4, -0.2) is 6.61 Å². The van der Waals surface area contributed by atoms with Crippen LogP contribution in [0.2, 0.25) is 0 Å². The molecule has 0 aromatic heterocycles. The Kier molecular flexibility index (Phi) is 4.01. The molecular weight excluding hydrogens is 186 g/mol. The largest absolute Gasteiger partial charge is 0.493 e. The van der Waals surface area contributed by atoms with Gasteiger partial charge in [-0.25, -0.2) is 0 Å². The van der Waals surface area contributed by atoms with E-state index in [-0.39, 0.29) is 0 Å². The van der Waals surface area contributed by atoms with Crippen LogP contribution < -0.4 is 10.5 Å². The molecule has 2 N–H and O–H groups in total. The molecule has 1 rings (SSSR count). The normalized spacial score (nSPS) is 11.1. The highest BCUT2D eigenvalue weighted by Gasteiger charge is 2.08. The second kappa shape index (κ2) is 5.06. The lowest BCUT2D eigenvalue weighted by Gasteiger charge is -2.15. The molecule has 0 fully saturated rings. The summed E-state index contributed by atoms with van der Waals surface area (Å²) in [5, 5.41) is 0. The number of nitrogen functional groups attached to an aromatic ring is 1. The first kappa shape index (κ1) is 11.9. The summed E-state index contributed by atoms with van der Waals surface area (Å²) in [6.45, 7) is 9.34. The number of nitrogens with two attached hydrogens (primary N) is 1. The highest BCUT2D eigenvalue weighted by Crippen LogP contribution is 2.28. The van der Waals surface area contributed by atoms with Crippen molar-refractivity contribution in [1.82, 2.24) is 0 Å². The third kappa shape index (κ3) is 3.46. The Labute approximate surface area is 92.4 Å². The zero-order valence-corrected chi connectivity index (χ0v) is 10.1. The second-order valence-corrected chi connectivity index (χ2v) is 4.66. The lowest BCUT2D eigenvalue weighted by molar-refractivity contribution is 0.268. The SMILES string of the molecule is CC(C)COc1ccc(N)cc1C(C)C. The van der Waals surface area contributed by atoms with E-state index in [4.69, 9.17) is 10.5 Å². The standard InChI is InChI=1S/C13H21NO/c1-9(2)8-15-13-6-5-11(14)7-12(13)10(3)4/h5-7,9-10H,8,14H2,1-4H3. The van der Waals surface area contributed by atoms with Crippen LogP contribution in [0.5, 0.6) is 5.75 Å². The molecular formula is C13H21NO. The first-order chi connectivity index (χ1) is 7.00. The fourth-order valence-electron chi connectivity index (χ4n) is 1.41. The molecule has 84 valence electrons. The summed E-state index contributed by atoms with van der Waals surface area (Å²) in [5.74, 6) is 1.95. The summed E-state index contributed by atoms with van der Waals surface area (Å²) >= 11 is 0. The number of rotatable bonds is 4. The van der Waals surface area contributed by atoms with Crippen molar-refractivity contribution in [2.75, 3.05) is 12.3 Å². The molecule has 0 radical (unpaired) electrons. The third-order valence-corrected chi connectivity index (χ3v) is 2.23. The molecule has 0 saturated carbocycles. The van der Waals surface area contributed by atoms with Crippen molar-refractivity contribution in [2.24, 2.45) is 5.92 Å². The van der Waals surface area contributed by atoms with E-state index in [2.05, 4.69) is 27.7 Å². The van der Waals surface area contributed by atoms with Gasteiger partial charge in [0.25, 0.3) is 0 Å². The van der Waals surface area contributed by atoms with Gasteiger partial charge in [0.2, 0.25) is 0 Å². The predicted octanol–water partition coefficient (Wildman–Crippen LogP) is 3.43. The van der Waals surface area contributed by atoms with Crippen LogP contribution in [0.25, 0.3) is 0 Å². The zero-order valence-electron chi connectivity index (χ0n) is 10.1. The van der Waals surface area contributed by atoms with Crippen molar-refractivity contribution < 1.29 is 4.74 Å². The Morgan fingerprint density at radius 1 is 1.20 bits per heavy atom. The number of ether oxygens (including phenoxy) is 1. The molecule has 0 aliphatic heterocycles. The third-order valence-electron chi connectivity index (χ3n) is 2.23. The minimum absolute atomic E-state index is 0.440. The highest BCUT2D eigenvalue weighted by molar-refractivity contribution is 5.49. The maximum absolute atomic E-state index is 5.77. The highest BCUT2D eigenvalue weighted by atomic mass is 16.5. The molecule has 1 aromatic carbocycles. The maximum Gasteiger partial charge on any atom is 0.122 e. The average molecular weight is 207 g/mol. The maximum atomic E-state index is 5.77. The fraction of sp³-hybridized carbons (Fsp3) is 0.538. The molecule has 0 saturated heterocycles. The van der Waals surface area contributed by atoms with Crippen molar-refractivity contribution in [3.05, 3.63) is 23.8 Å². The fourth-order valence-corrected chi connectivity index (χ4v) is 1.41. The molecule has 0 atom stereocenters. The summed E-state index contributed by atoms with van der Waals surface area (Å²) in [7, 11) is 0. The Morgan fingerprint density at radius 3 is 2.40 bits per heavy atom. The molecule has 0 aliphatic carbocycles. The average Bonchev–Trinajstić information content (AvgIpc) is 2.15. The van der Waals surface area contributed by atoms with Crippen molar-refractivity contribution in [1.29, 1.82) is 0 Å². The first-order valence-electron chi connectivity index (χ1n) is 5.53. The van der Waals surface area contributed by atoms with Gasteiger partial charge in [0.1, 0.15) is 5.75 Å². The summed E-state index contributed by atoms with van der Waals surface area (Å²) in [6.07, 6.45) is 0. The van der Waals surface area contributed by atoms with Crippen LogP contribution >= 0.6 is 0 Å². The number of hydrogen-bond donors (Lipinski definition) is 1. The quantitative estimate of drug-likeness (QED) is 0.768. The van der Waals surface area contributed by atoms with E-state index in [9.17, 15) is 0 Å². The van der Waals surface area contributed by atoms with E-state index < -0.39 is 0 Å². The monoisotopic (exact) mass is 207 g/mol. The smallest absolute Gasteiger partial charge is 0.122 e. The van der Waals surface area contributed by atoms with Gasteiger partial charge in [-0.3, -0.25) is 0 Å². The predicted molar refractivity (Wildman–Crippen MR) is 65.3 cm³/mol. The lowest BCUT2D eigenvalue weighted by atomic mass is 10.0. The molecule has 2 nitrogen and oxygen atoms in total. The molecule has 2 heteroatoms. The molecule has 0 aliphatic rings. The Balaban J connectivity index is 2.86. The Bertz CT molecular complexity index is 318. The first-order valence-corrected chi connectivity index (χ1v) is 5.53. The van der Waals surface area contributed by atoms with Gasteiger partial charge < -0.3 is 10.5 Å². The topological polar surface area (TPSA) is 35.2 Å². The van der Waals surface area contributed by atoms with Crippen molar-refractivity contribution in [3.63, 3.8) is 0 Å². The van der Waals surface area contributed by atoms with Crippen LogP contribution in [0.4, 0.5) is 5.69 Å². The summed E-state index contributed by atoms with van der Waals surface area (Å²) in [6, 6.07) is 5.86. The van der Waals surface area contributed by atoms with Crippen molar-refractivity contribution in [3.8, 4) is 5.75 Å². The Morgan fingerprint density at radius 2 is 1.87 bits per heavy atom. The minimum Gasteiger partial charge on any atom is -0.493 e. The van der Waals surface area contributed by atoms with Gasteiger partial charge in [0, 0.05) is 5.69 Å². The van der Waals surface area contributed by atoms with Gasteiger partial charge in [-0.15, -0.1) is 0 Å². The lowest BCUT2D eigenvalue weighted by Crippen LogP contribution is -2.07. The number of hydrogen-bond acceptors (Lipinski definition) is 2. The summed E-state index contributed by atoms with van der Waals surface area (Å²) < 4.78 is 5.76. The van der Waals surface area contributed by atoms with Crippen LogP contribution in [0.15, 0.2) is 18.2 Å². The van der Waals surface area contributed by atoms with Gasteiger partial charge in [-0.1, -0.05) is 27.7 Å². The molecule has 0 spiro atoms. The van der Waals surface area contributed by atoms with E-state index in [0.717, 1.165) is 18.0 Å². The van der Waals surface area contributed by atoms with Gasteiger partial charge in [0.15, 0.2) is 0 Å². The van der Waals surface area contributed by atoms with Crippen LogP contribution in [0, 0.1) is 5.92 Å². The van der Waals surface area contributed by atoms with Crippen LogP contribution in [0.1, 0.15) is 39.2 Å². The van der Waals surface area contributed by atoms with E-state index in [0.29, 0.717) is 11.8 Å². The summed E-state index contributed by atoms with van der Waals surface area (Å²) in [5.41, 5.74) is 7.76. The molecule has 15 heavy (non-hydrogen) atoms.